The Hall–Kier alpha value is -3.62. The summed E-state index contributed by atoms with van der Waals surface area (Å²) >= 11 is 0. The van der Waals surface area contributed by atoms with E-state index in [1.807, 2.05) is 0 Å². The van der Waals surface area contributed by atoms with Crippen molar-refractivity contribution in [3.63, 3.8) is 0 Å². The topological polar surface area (TPSA) is 99.8 Å². The summed E-state index contributed by atoms with van der Waals surface area (Å²) in [4.78, 5) is 37.1. The number of halogens is 1. The lowest BCUT2D eigenvalue weighted by Gasteiger charge is -2.17. The second kappa shape index (κ2) is 10.6. The third-order valence-corrected chi connectivity index (χ3v) is 3.95. The summed E-state index contributed by atoms with van der Waals surface area (Å²) in [5.74, 6) is -0.486. The van der Waals surface area contributed by atoms with Gasteiger partial charge in [-0.2, -0.15) is 0 Å². The van der Waals surface area contributed by atoms with E-state index in [-0.39, 0.29) is 31.4 Å². The predicted molar refractivity (Wildman–Crippen MR) is 106 cm³/mol. The average Bonchev–Trinajstić information content (AvgIpc) is 2.72. The minimum Gasteiger partial charge on any atom is -0.497 e. The second-order valence-corrected chi connectivity index (χ2v) is 6.19. The molecule has 8 nitrogen and oxygen atoms in total. The predicted octanol–water partition coefficient (Wildman–Crippen LogP) is 1.73. The molecule has 2 aromatic rings. The monoisotopic (exact) mass is 402 g/mol. The summed E-state index contributed by atoms with van der Waals surface area (Å²) in [6, 6.07) is 11.9. The van der Waals surface area contributed by atoms with Gasteiger partial charge in [-0.05, 0) is 42.0 Å². The fourth-order valence-corrected chi connectivity index (χ4v) is 2.32. The van der Waals surface area contributed by atoms with Gasteiger partial charge < -0.3 is 25.6 Å². The standard InChI is InChI=1S/C20H23FN4O4/c1-25(13-18(26)24-16-7-9-17(29-2)10-8-16)19(27)12-23-20(28)22-11-14-3-5-15(21)6-4-14/h3-10H,11-13H2,1-2H3,(H,24,26)(H2,22,23,28). The van der Waals surface area contributed by atoms with E-state index in [2.05, 4.69) is 16.0 Å². The molecule has 0 atom stereocenters. The number of nitrogens with one attached hydrogen (secondary N) is 3. The summed E-state index contributed by atoms with van der Waals surface area (Å²) in [6.45, 7) is -0.230. The average molecular weight is 402 g/mol. The van der Waals surface area contributed by atoms with Gasteiger partial charge in [0.2, 0.25) is 11.8 Å². The first-order chi connectivity index (χ1) is 13.9. The Labute approximate surface area is 168 Å². The summed E-state index contributed by atoms with van der Waals surface area (Å²) in [5, 5.41) is 7.65. The van der Waals surface area contributed by atoms with Crippen molar-refractivity contribution in [2.24, 2.45) is 0 Å². The Morgan fingerprint density at radius 3 is 2.28 bits per heavy atom. The normalized spacial score (nSPS) is 10.0. The lowest BCUT2D eigenvalue weighted by Crippen LogP contribution is -2.44. The molecule has 2 rings (SSSR count). The number of amides is 4. The van der Waals surface area contributed by atoms with Gasteiger partial charge in [-0.3, -0.25) is 9.59 Å². The van der Waals surface area contributed by atoms with Crippen LogP contribution in [0, 0.1) is 5.82 Å². The molecule has 0 aliphatic carbocycles. The van der Waals surface area contributed by atoms with E-state index >= 15 is 0 Å². The van der Waals surface area contributed by atoms with E-state index in [9.17, 15) is 18.8 Å². The number of rotatable bonds is 8. The molecule has 0 aliphatic rings. The van der Waals surface area contributed by atoms with Crippen LogP contribution in [0.4, 0.5) is 14.9 Å². The van der Waals surface area contributed by atoms with Crippen LogP contribution in [0.1, 0.15) is 5.56 Å². The Bertz CT molecular complexity index is 841. The Balaban J connectivity index is 1.69. The zero-order chi connectivity index (χ0) is 21.2. The zero-order valence-electron chi connectivity index (χ0n) is 16.2. The molecular formula is C20H23FN4O4. The van der Waals surface area contributed by atoms with E-state index in [1.54, 1.807) is 43.5 Å². The van der Waals surface area contributed by atoms with Gasteiger partial charge in [-0.1, -0.05) is 12.1 Å². The molecule has 29 heavy (non-hydrogen) atoms. The van der Waals surface area contributed by atoms with Crippen LogP contribution < -0.4 is 20.7 Å². The van der Waals surface area contributed by atoms with Crippen molar-refractivity contribution in [1.82, 2.24) is 15.5 Å². The number of carbonyl (C=O) groups is 3. The Morgan fingerprint density at radius 2 is 1.66 bits per heavy atom. The molecule has 0 aromatic heterocycles. The fraction of sp³-hybridized carbons (Fsp3) is 0.250. The molecule has 154 valence electrons. The van der Waals surface area contributed by atoms with Crippen molar-refractivity contribution in [3.05, 3.63) is 59.9 Å². The number of hydrogen-bond acceptors (Lipinski definition) is 4. The van der Waals surface area contributed by atoms with Crippen molar-refractivity contribution in [1.29, 1.82) is 0 Å². The third-order valence-electron chi connectivity index (χ3n) is 3.95. The number of carbonyl (C=O) groups excluding carboxylic acids is 3. The highest BCUT2D eigenvalue weighted by atomic mass is 19.1. The molecule has 0 saturated heterocycles. The molecule has 0 unspecified atom stereocenters. The molecule has 3 N–H and O–H groups in total. The lowest BCUT2D eigenvalue weighted by molar-refractivity contribution is -0.132. The number of methoxy groups -OCH3 is 1. The van der Waals surface area contributed by atoms with Crippen LogP contribution in [0.15, 0.2) is 48.5 Å². The Kier molecular flexibility index (Phi) is 7.96. The quantitative estimate of drug-likeness (QED) is 0.626. The van der Waals surface area contributed by atoms with E-state index in [0.717, 1.165) is 5.56 Å². The van der Waals surface area contributed by atoms with Gasteiger partial charge in [0.1, 0.15) is 11.6 Å². The first-order valence-electron chi connectivity index (χ1n) is 8.81. The number of urea groups is 1. The van der Waals surface area contributed by atoms with Crippen LogP contribution >= 0.6 is 0 Å². The number of nitrogens with zero attached hydrogens (tertiary/aromatic N) is 1. The maximum absolute atomic E-state index is 12.8. The molecule has 0 aliphatic heterocycles. The highest BCUT2D eigenvalue weighted by molar-refractivity contribution is 5.95. The van der Waals surface area contributed by atoms with E-state index in [1.165, 1.54) is 24.1 Å². The van der Waals surface area contributed by atoms with E-state index in [4.69, 9.17) is 4.74 Å². The van der Waals surface area contributed by atoms with Gasteiger partial charge >= 0.3 is 6.03 Å². The van der Waals surface area contributed by atoms with Gasteiger partial charge in [0.25, 0.3) is 0 Å². The molecule has 4 amide bonds. The van der Waals surface area contributed by atoms with Crippen molar-refractivity contribution < 1.29 is 23.5 Å². The summed E-state index contributed by atoms with van der Waals surface area (Å²) in [7, 11) is 3.01. The highest BCUT2D eigenvalue weighted by Crippen LogP contribution is 2.14. The smallest absolute Gasteiger partial charge is 0.315 e. The van der Waals surface area contributed by atoms with Crippen LogP contribution in [0.3, 0.4) is 0 Å². The number of benzene rings is 2. The number of ether oxygens (including phenoxy) is 1. The van der Waals surface area contributed by atoms with Crippen molar-refractivity contribution in [3.8, 4) is 5.75 Å². The highest BCUT2D eigenvalue weighted by Gasteiger charge is 2.14. The summed E-state index contributed by atoms with van der Waals surface area (Å²) in [6.07, 6.45) is 0. The minimum atomic E-state index is -0.543. The van der Waals surface area contributed by atoms with Gasteiger partial charge in [0.05, 0.1) is 20.2 Å². The van der Waals surface area contributed by atoms with Gasteiger partial charge in [0.15, 0.2) is 0 Å². The molecule has 0 spiro atoms. The number of anilines is 1. The molecule has 0 saturated carbocycles. The molecule has 9 heteroatoms. The Morgan fingerprint density at radius 1 is 1.00 bits per heavy atom. The van der Waals surface area contributed by atoms with Crippen molar-refractivity contribution in [2.75, 3.05) is 32.6 Å². The summed E-state index contributed by atoms with van der Waals surface area (Å²) < 4.78 is 17.9. The van der Waals surface area contributed by atoms with Gasteiger partial charge in [-0.25, -0.2) is 9.18 Å². The molecule has 0 fully saturated rings. The summed E-state index contributed by atoms with van der Waals surface area (Å²) in [5.41, 5.74) is 1.30. The van der Waals surface area contributed by atoms with Crippen LogP contribution in [0.5, 0.6) is 5.75 Å². The largest absolute Gasteiger partial charge is 0.497 e. The van der Waals surface area contributed by atoms with Crippen molar-refractivity contribution in [2.45, 2.75) is 6.54 Å². The number of likely N-dealkylation sites (N-methyl/N-ethyl adjacent to an activating group) is 1. The molecule has 0 heterocycles. The first kappa shape index (κ1) is 21.7. The van der Waals surface area contributed by atoms with Crippen LogP contribution in [0.25, 0.3) is 0 Å². The van der Waals surface area contributed by atoms with E-state index in [0.29, 0.717) is 11.4 Å². The zero-order valence-corrected chi connectivity index (χ0v) is 16.2. The SMILES string of the molecule is COc1ccc(NC(=O)CN(C)C(=O)CNC(=O)NCc2ccc(F)cc2)cc1. The number of hydrogen-bond donors (Lipinski definition) is 3. The molecule has 0 radical (unpaired) electrons. The van der Waals surface area contributed by atoms with E-state index < -0.39 is 11.9 Å². The maximum atomic E-state index is 12.8. The van der Waals surface area contributed by atoms with Crippen LogP contribution in [-0.2, 0) is 16.1 Å². The van der Waals surface area contributed by atoms with Crippen molar-refractivity contribution >= 4 is 23.5 Å². The van der Waals surface area contributed by atoms with Crippen LogP contribution in [0.2, 0.25) is 0 Å². The first-order valence-corrected chi connectivity index (χ1v) is 8.81. The fourth-order valence-electron chi connectivity index (χ4n) is 2.32. The third kappa shape index (κ3) is 7.49. The van der Waals surface area contributed by atoms with Gasteiger partial charge in [0, 0.05) is 19.3 Å². The minimum absolute atomic E-state index is 0.163. The molecule has 2 aromatic carbocycles. The molecular weight excluding hydrogens is 379 g/mol. The second-order valence-electron chi connectivity index (χ2n) is 6.19. The molecule has 0 bridgehead atoms. The van der Waals surface area contributed by atoms with Crippen LogP contribution in [-0.4, -0.2) is 50.0 Å². The lowest BCUT2D eigenvalue weighted by atomic mass is 10.2. The van der Waals surface area contributed by atoms with Gasteiger partial charge in [-0.15, -0.1) is 0 Å². The maximum Gasteiger partial charge on any atom is 0.315 e.